The highest BCUT2D eigenvalue weighted by atomic mass is 35.5. The maximum atomic E-state index is 12.1. The van der Waals surface area contributed by atoms with Gasteiger partial charge in [-0.15, -0.1) is 0 Å². The van der Waals surface area contributed by atoms with Crippen LogP contribution >= 0.6 is 11.6 Å². The summed E-state index contributed by atoms with van der Waals surface area (Å²) in [6.07, 6.45) is 5.29. The molecule has 0 saturated heterocycles. The first kappa shape index (κ1) is 14.3. The van der Waals surface area contributed by atoms with Gasteiger partial charge in [0.15, 0.2) is 5.82 Å². The van der Waals surface area contributed by atoms with Gasteiger partial charge in [0.25, 0.3) is 5.91 Å². The number of nitrogens with one attached hydrogen (secondary N) is 1. The van der Waals surface area contributed by atoms with E-state index in [9.17, 15) is 4.79 Å². The minimum Gasteiger partial charge on any atom is -0.305 e. The Bertz CT molecular complexity index is 768. The molecule has 2 aromatic heterocycles. The number of hydrogen-bond donors (Lipinski definition) is 1. The van der Waals surface area contributed by atoms with Crippen molar-refractivity contribution in [2.24, 2.45) is 0 Å². The number of carbonyl (C=O) groups excluding carboxylic acids is 1. The Labute approximate surface area is 132 Å². The summed E-state index contributed by atoms with van der Waals surface area (Å²) in [5.41, 5.74) is 1.63. The smallest absolute Gasteiger partial charge is 0.256 e. The van der Waals surface area contributed by atoms with Crippen LogP contribution in [-0.2, 0) is 6.54 Å². The number of rotatable bonds is 4. The lowest BCUT2D eigenvalue weighted by Crippen LogP contribution is -2.12. The first-order valence-electron chi connectivity index (χ1n) is 6.70. The lowest BCUT2D eigenvalue weighted by atomic mass is 10.2. The van der Waals surface area contributed by atoms with Crippen molar-refractivity contribution in [3.63, 3.8) is 0 Å². The maximum absolute atomic E-state index is 12.1. The Morgan fingerprint density at radius 3 is 2.55 bits per heavy atom. The molecule has 1 amide bonds. The molecule has 0 fully saturated rings. The molecule has 0 aliphatic heterocycles. The van der Waals surface area contributed by atoms with Crippen molar-refractivity contribution in [1.82, 2.24) is 14.8 Å². The van der Waals surface area contributed by atoms with Gasteiger partial charge in [-0.3, -0.25) is 14.5 Å². The highest BCUT2D eigenvalue weighted by Crippen LogP contribution is 2.12. The first-order chi connectivity index (χ1) is 10.7. The van der Waals surface area contributed by atoms with Crippen LogP contribution in [0.1, 0.15) is 15.9 Å². The van der Waals surface area contributed by atoms with Crippen molar-refractivity contribution in [1.29, 1.82) is 0 Å². The third-order valence-corrected chi connectivity index (χ3v) is 3.33. The molecule has 6 heteroatoms. The third-order valence-electron chi connectivity index (χ3n) is 3.08. The lowest BCUT2D eigenvalue weighted by molar-refractivity contribution is 0.102. The molecule has 0 saturated carbocycles. The number of halogens is 1. The van der Waals surface area contributed by atoms with Crippen molar-refractivity contribution in [3.8, 4) is 0 Å². The number of pyridine rings is 1. The molecule has 0 radical (unpaired) electrons. The van der Waals surface area contributed by atoms with Gasteiger partial charge in [-0.2, -0.15) is 5.10 Å². The van der Waals surface area contributed by atoms with Crippen LogP contribution in [0.2, 0.25) is 5.02 Å². The highest BCUT2D eigenvalue weighted by Gasteiger charge is 2.08. The van der Waals surface area contributed by atoms with Gasteiger partial charge in [0.2, 0.25) is 0 Å². The fraction of sp³-hybridized carbons (Fsp3) is 0.0625. The number of carbonyl (C=O) groups is 1. The van der Waals surface area contributed by atoms with Crippen LogP contribution in [0, 0.1) is 0 Å². The molecule has 3 aromatic rings. The Kier molecular flexibility index (Phi) is 4.16. The molecule has 5 nitrogen and oxygen atoms in total. The van der Waals surface area contributed by atoms with Crippen molar-refractivity contribution in [2.45, 2.75) is 6.54 Å². The predicted molar refractivity (Wildman–Crippen MR) is 85.0 cm³/mol. The quantitative estimate of drug-likeness (QED) is 0.804. The number of amides is 1. The van der Waals surface area contributed by atoms with Gasteiger partial charge >= 0.3 is 0 Å². The molecule has 0 aliphatic rings. The third kappa shape index (κ3) is 3.51. The molecule has 0 spiro atoms. The molecular formula is C16H13ClN4O. The van der Waals surface area contributed by atoms with Gasteiger partial charge in [-0.1, -0.05) is 11.6 Å². The van der Waals surface area contributed by atoms with Gasteiger partial charge in [-0.05, 0) is 42.0 Å². The Morgan fingerprint density at radius 1 is 1.09 bits per heavy atom. The van der Waals surface area contributed by atoms with E-state index in [1.165, 1.54) is 0 Å². The minimum atomic E-state index is -0.217. The summed E-state index contributed by atoms with van der Waals surface area (Å²) >= 11 is 5.81. The second kappa shape index (κ2) is 6.41. The fourth-order valence-electron chi connectivity index (χ4n) is 1.98. The van der Waals surface area contributed by atoms with E-state index >= 15 is 0 Å². The summed E-state index contributed by atoms with van der Waals surface area (Å²) in [5.74, 6) is 0.292. The molecule has 0 aliphatic carbocycles. The highest BCUT2D eigenvalue weighted by molar-refractivity contribution is 6.30. The van der Waals surface area contributed by atoms with Crippen LogP contribution in [0.3, 0.4) is 0 Å². The minimum absolute atomic E-state index is 0.217. The Hall–Kier alpha value is -2.66. The number of hydrogen-bond acceptors (Lipinski definition) is 3. The summed E-state index contributed by atoms with van der Waals surface area (Å²) in [4.78, 5) is 16.1. The zero-order valence-corrected chi connectivity index (χ0v) is 12.4. The van der Waals surface area contributed by atoms with Gasteiger partial charge in [-0.25, -0.2) is 0 Å². The molecule has 0 bridgehead atoms. The van der Waals surface area contributed by atoms with E-state index in [1.54, 1.807) is 47.4 Å². The Morgan fingerprint density at radius 2 is 1.82 bits per heavy atom. The molecular weight excluding hydrogens is 300 g/mol. The van der Waals surface area contributed by atoms with Crippen molar-refractivity contribution in [3.05, 3.63) is 77.2 Å². The van der Waals surface area contributed by atoms with Crippen molar-refractivity contribution < 1.29 is 4.79 Å². The summed E-state index contributed by atoms with van der Waals surface area (Å²) in [6, 6.07) is 12.3. The van der Waals surface area contributed by atoms with E-state index in [0.717, 1.165) is 5.56 Å². The van der Waals surface area contributed by atoms with Crippen LogP contribution in [-0.4, -0.2) is 20.7 Å². The van der Waals surface area contributed by atoms with Crippen LogP contribution in [0.25, 0.3) is 0 Å². The lowest BCUT2D eigenvalue weighted by Gasteiger charge is -2.03. The fourth-order valence-corrected chi connectivity index (χ4v) is 2.11. The van der Waals surface area contributed by atoms with Crippen molar-refractivity contribution >= 4 is 23.3 Å². The predicted octanol–water partition coefficient (Wildman–Crippen LogP) is 3.23. The molecule has 0 atom stereocenters. The average molecular weight is 313 g/mol. The summed E-state index contributed by atoms with van der Waals surface area (Å²) in [5, 5.41) is 7.68. The number of benzene rings is 1. The topological polar surface area (TPSA) is 59.8 Å². The SMILES string of the molecule is O=C(Nc1ccn(Cc2ccncc2)n1)c1ccc(Cl)cc1. The molecule has 22 heavy (non-hydrogen) atoms. The van der Waals surface area contributed by atoms with Crippen LogP contribution < -0.4 is 5.32 Å². The Balaban J connectivity index is 1.66. The van der Waals surface area contributed by atoms with Gasteiger partial charge in [0.1, 0.15) is 0 Å². The zero-order chi connectivity index (χ0) is 15.4. The largest absolute Gasteiger partial charge is 0.305 e. The second-order valence-electron chi connectivity index (χ2n) is 4.72. The van der Waals surface area contributed by atoms with E-state index in [2.05, 4.69) is 15.4 Å². The number of nitrogens with zero attached hydrogens (tertiary/aromatic N) is 3. The van der Waals surface area contributed by atoms with Crippen LogP contribution in [0.15, 0.2) is 61.1 Å². The summed E-state index contributed by atoms with van der Waals surface area (Å²) in [7, 11) is 0. The normalized spacial score (nSPS) is 10.4. The van der Waals surface area contributed by atoms with Gasteiger partial charge in [0.05, 0.1) is 6.54 Å². The molecule has 3 rings (SSSR count). The van der Waals surface area contributed by atoms with Crippen LogP contribution in [0.4, 0.5) is 5.82 Å². The van der Waals surface area contributed by atoms with Gasteiger partial charge in [0, 0.05) is 35.2 Å². The van der Waals surface area contributed by atoms with E-state index in [4.69, 9.17) is 11.6 Å². The zero-order valence-electron chi connectivity index (χ0n) is 11.6. The molecule has 110 valence electrons. The summed E-state index contributed by atoms with van der Waals surface area (Å²) < 4.78 is 1.76. The molecule has 1 aromatic carbocycles. The van der Waals surface area contributed by atoms with E-state index in [-0.39, 0.29) is 5.91 Å². The molecule has 0 unspecified atom stereocenters. The average Bonchev–Trinajstić information content (AvgIpc) is 2.96. The number of aromatic nitrogens is 3. The van der Waals surface area contributed by atoms with Crippen LogP contribution in [0.5, 0.6) is 0 Å². The monoisotopic (exact) mass is 312 g/mol. The van der Waals surface area contributed by atoms with Crippen molar-refractivity contribution in [2.75, 3.05) is 5.32 Å². The standard InChI is InChI=1S/C16H13ClN4O/c17-14-3-1-13(2-4-14)16(22)19-15-7-10-21(20-15)11-12-5-8-18-9-6-12/h1-10H,11H2,(H,19,20,22). The molecule has 1 N–H and O–H groups in total. The van der Waals surface area contributed by atoms with E-state index in [1.807, 2.05) is 18.3 Å². The van der Waals surface area contributed by atoms with E-state index < -0.39 is 0 Å². The first-order valence-corrected chi connectivity index (χ1v) is 7.08. The summed E-state index contributed by atoms with van der Waals surface area (Å²) in [6.45, 7) is 0.624. The second-order valence-corrected chi connectivity index (χ2v) is 5.15. The van der Waals surface area contributed by atoms with E-state index in [0.29, 0.717) is 22.9 Å². The molecule has 2 heterocycles. The number of anilines is 1. The maximum Gasteiger partial charge on any atom is 0.256 e. The van der Waals surface area contributed by atoms with Gasteiger partial charge < -0.3 is 5.32 Å².